The van der Waals surface area contributed by atoms with Crippen molar-refractivity contribution in [1.82, 2.24) is 14.9 Å². The van der Waals surface area contributed by atoms with Gasteiger partial charge in [0.15, 0.2) is 0 Å². The number of benzene rings is 2. The summed E-state index contributed by atoms with van der Waals surface area (Å²) in [5, 5.41) is 3.93. The average Bonchev–Trinajstić information content (AvgIpc) is 3.06. The van der Waals surface area contributed by atoms with Crippen LogP contribution in [0.25, 0.3) is 10.9 Å². The number of anilines is 2. The Morgan fingerprint density at radius 2 is 1.73 bits per heavy atom. The first kappa shape index (κ1) is 23.3. The number of rotatable bonds is 5. The van der Waals surface area contributed by atoms with Gasteiger partial charge in [-0.1, -0.05) is 38.1 Å². The fourth-order valence-electron chi connectivity index (χ4n) is 4.71. The van der Waals surface area contributed by atoms with Crippen molar-refractivity contribution < 1.29 is 4.79 Å². The molecule has 0 spiro atoms. The highest BCUT2D eigenvalue weighted by Gasteiger charge is 2.39. The van der Waals surface area contributed by atoms with Gasteiger partial charge < -0.3 is 10.2 Å². The average molecular weight is 468 g/mol. The SMILES string of the molecule is CC(C)CC1C(=O)N(Cc2ccc(N3CCNCC3)cc2)c2nc3ccccc3c(=O)n21.Cl. The van der Waals surface area contributed by atoms with E-state index in [0.717, 1.165) is 31.7 Å². The predicted molar refractivity (Wildman–Crippen MR) is 134 cm³/mol. The van der Waals surface area contributed by atoms with Crippen molar-refractivity contribution >= 4 is 40.9 Å². The number of carbonyl (C=O) groups excluding carboxylic acids is 1. The molecule has 2 aliphatic heterocycles. The molecule has 0 saturated carbocycles. The smallest absolute Gasteiger partial charge is 0.263 e. The minimum absolute atomic E-state index is 0. The van der Waals surface area contributed by atoms with Crippen LogP contribution in [0.1, 0.15) is 31.9 Å². The molecule has 2 aromatic carbocycles. The van der Waals surface area contributed by atoms with Crippen molar-refractivity contribution in [2.24, 2.45) is 5.92 Å². The highest BCUT2D eigenvalue weighted by molar-refractivity contribution is 5.99. The van der Waals surface area contributed by atoms with Gasteiger partial charge in [0.05, 0.1) is 17.4 Å². The first-order valence-corrected chi connectivity index (χ1v) is 11.4. The molecule has 33 heavy (non-hydrogen) atoms. The zero-order chi connectivity index (χ0) is 22.2. The number of hydrogen-bond donors (Lipinski definition) is 1. The van der Waals surface area contributed by atoms with Gasteiger partial charge >= 0.3 is 0 Å². The maximum absolute atomic E-state index is 13.5. The fraction of sp³-hybridized carbons (Fsp3) is 0.400. The van der Waals surface area contributed by atoms with Crippen LogP contribution in [0.5, 0.6) is 0 Å². The van der Waals surface area contributed by atoms with E-state index in [9.17, 15) is 9.59 Å². The first-order valence-electron chi connectivity index (χ1n) is 11.4. The van der Waals surface area contributed by atoms with Crippen molar-refractivity contribution in [3.63, 3.8) is 0 Å². The number of piperazine rings is 1. The van der Waals surface area contributed by atoms with E-state index in [2.05, 4.69) is 48.3 Å². The Morgan fingerprint density at radius 1 is 1.03 bits per heavy atom. The molecule has 1 aromatic heterocycles. The summed E-state index contributed by atoms with van der Waals surface area (Å²) < 4.78 is 1.61. The summed E-state index contributed by atoms with van der Waals surface area (Å²) in [7, 11) is 0. The van der Waals surface area contributed by atoms with E-state index in [-0.39, 0.29) is 29.8 Å². The lowest BCUT2D eigenvalue weighted by Crippen LogP contribution is -2.43. The molecule has 1 amide bonds. The molecule has 2 aliphatic rings. The van der Waals surface area contributed by atoms with E-state index in [1.54, 1.807) is 15.5 Å². The van der Waals surface area contributed by atoms with Crippen LogP contribution in [0.15, 0.2) is 53.3 Å². The van der Waals surface area contributed by atoms with E-state index in [1.165, 1.54) is 5.69 Å². The molecule has 5 rings (SSSR count). The molecule has 0 radical (unpaired) electrons. The summed E-state index contributed by atoms with van der Waals surface area (Å²) >= 11 is 0. The molecule has 7 nitrogen and oxygen atoms in total. The quantitative estimate of drug-likeness (QED) is 0.623. The lowest BCUT2D eigenvalue weighted by molar-refractivity contribution is -0.120. The van der Waals surface area contributed by atoms with Gasteiger partial charge in [-0.2, -0.15) is 0 Å². The second-order valence-corrected chi connectivity index (χ2v) is 9.08. The Kier molecular flexibility index (Phi) is 6.72. The number of para-hydroxylation sites is 1. The molecule has 174 valence electrons. The predicted octanol–water partition coefficient (Wildman–Crippen LogP) is 3.36. The van der Waals surface area contributed by atoms with Crippen LogP contribution in [0, 0.1) is 5.92 Å². The highest BCUT2D eigenvalue weighted by atomic mass is 35.5. The van der Waals surface area contributed by atoms with E-state index in [0.29, 0.717) is 29.8 Å². The first-order chi connectivity index (χ1) is 15.5. The third-order valence-electron chi connectivity index (χ3n) is 6.35. The lowest BCUT2D eigenvalue weighted by Gasteiger charge is -2.29. The number of fused-ring (bicyclic) bond motifs is 2. The van der Waals surface area contributed by atoms with Crippen molar-refractivity contribution in [2.45, 2.75) is 32.9 Å². The second kappa shape index (κ2) is 9.53. The molecule has 0 bridgehead atoms. The van der Waals surface area contributed by atoms with Crippen LogP contribution < -0.4 is 20.7 Å². The van der Waals surface area contributed by atoms with Crippen molar-refractivity contribution in [1.29, 1.82) is 0 Å². The second-order valence-electron chi connectivity index (χ2n) is 9.08. The molecule has 1 unspecified atom stereocenters. The van der Waals surface area contributed by atoms with Crippen molar-refractivity contribution in [2.75, 3.05) is 36.0 Å². The molecule has 8 heteroatoms. The minimum atomic E-state index is -0.505. The molecule has 0 aliphatic carbocycles. The number of nitrogens with zero attached hydrogens (tertiary/aromatic N) is 4. The molecule has 1 saturated heterocycles. The minimum Gasteiger partial charge on any atom is -0.369 e. The van der Waals surface area contributed by atoms with Gasteiger partial charge in [-0.3, -0.25) is 19.1 Å². The zero-order valence-corrected chi connectivity index (χ0v) is 19.8. The molecule has 1 N–H and O–H groups in total. The van der Waals surface area contributed by atoms with Crippen LogP contribution in [-0.4, -0.2) is 41.6 Å². The van der Waals surface area contributed by atoms with E-state index in [4.69, 9.17) is 4.98 Å². The third-order valence-corrected chi connectivity index (χ3v) is 6.35. The summed E-state index contributed by atoms with van der Waals surface area (Å²) in [6, 6.07) is 15.2. The Hall–Kier alpha value is -2.90. The maximum Gasteiger partial charge on any atom is 0.263 e. The molecular formula is C25H30ClN5O2. The number of hydrogen-bond acceptors (Lipinski definition) is 5. The maximum atomic E-state index is 13.5. The zero-order valence-electron chi connectivity index (χ0n) is 19.0. The number of amides is 1. The Labute approximate surface area is 199 Å². The van der Waals surface area contributed by atoms with Crippen LogP contribution in [-0.2, 0) is 11.3 Å². The van der Waals surface area contributed by atoms with Crippen molar-refractivity contribution in [3.8, 4) is 0 Å². The molecule has 1 atom stereocenters. The van der Waals surface area contributed by atoms with Gasteiger partial charge in [0, 0.05) is 31.9 Å². The standard InChI is InChI=1S/C25H29N5O2.ClH/c1-17(2)15-22-24(32)29(25-27-21-6-4-3-5-20(21)23(31)30(22)25)16-18-7-9-19(10-8-18)28-13-11-26-12-14-28;/h3-10,17,22,26H,11-16H2,1-2H3;1H. The Balaban J connectivity index is 0.00000259. The Morgan fingerprint density at radius 3 is 2.42 bits per heavy atom. The molecular weight excluding hydrogens is 438 g/mol. The van der Waals surface area contributed by atoms with Gasteiger partial charge in [0.25, 0.3) is 11.5 Å². The van der Waals surface area contributed by atoms with Crippen LogP contribution >= 0.6 is 12.4 Å². The van der Waals surface area contributed by atoms with Gasteiger partial charge in [-0.05, 0) is 42.2 Å². The highest BCUT2D eigenvalue weighted by Crippen LogP contribution is 2.33. The van der Waals surface area contributed by atoms with E-state index >= 15 is 0 Å². The van der Waals surface area contributed by atoms with E-state index < -0.39 is 6.04 Å². The third kappa shape index (κ3) is 4.35. The summed E-state index contributed by atoms with van der Waals surface area (Å²) in [4.78, 5) is 35.6. The summed E-state index contributed by atoms with van der Waals surface area (Å²) in [6.07, 6.45) is 0.615. The largest absolute Gasteiger partial charge is 0.369 e. The lowest BCUT2D eigenvalue weighted by atomic mass is 10.0. The van der Waals surface area contributed by atoms with Crippen LogP contribution in [0.2, 0.25) is 0 Å². The van der Waals surface area contributed by atoms with E-state index in [1.807, 2.05) is 18.2 Å². The van der Waals surface area contributed by atoms with Crippen molar-refractivity contribution in [3.05, 3.63) is 64.4 Å². The van der Waals surface area contributed by atoms with Crippen LogP contribution in [0.3, 0.4) is 0 Å². The normalized spacial score (nSPS) is 18.0. The van der Waals surface area contributed by atoms with Crippen LogP contribution in [0.4, 0.5) is 11.6 Å². The Bertz CT molecular complexity index is 1200. The fourth-order valence-corrected chi connectivity index (χ4v) is 4.71. The molecule has 3 heterocycles. The molecule has 3 aromatic rings. The summed E-state index contributed by atoms with van der Waals surface area (Å²) in [6.45, 7) is 8.52. The monoisotopic (exact) mass is 467 g/mol. The number of halogens is 1. The summed E-state index contributed by atoms with van der Waals surface area (Å²) in [5.74, 6) is 0.689. The van der Waals surface area contributed by atoms with Gasteiger partial charge in [0.2, 0.25) is 5.95 Å². The van der Waals surface area contributed by atoms with Gasteiger partial charge in [-0.25, -0.2) is 4.98 Å². The number of carbonyl (C=O) groups is 1. The number of aromatic nitrogens is 2. The number of nitrogens with one attached hydrogen (secondary N) is 1. The van der Waals surface area contributed by atoms with Gasteiger partial charge in [-0.15, -0.1) is 12.4 Å². The summed E-state index contributed by atoms with van der Waals surface area (Å²) in [5.41, 5.74) is 2.71. The van der Waals surface area contributed by atoms with Gasteiger partial charge in [0.1, 0.15) is 6.04 Å². The topological polar surface area (TPSA) is 70.5 Å². The molecule has 1 fully saturated rings.